The number of nitrogens with zero attached hydrogens (tertiary/aromatic N) is 4. The van der Waals surface area contributed by atoms with Gasteiger partial charge in [0.25, 0.3) is 0 Å². The first-order valence-corrected chi connectivity index (χ1v) is 11.6. The van der Waals surface area contributed by atoms with Gasteiger partial charge in [-0.15, -0.1) is 16.4 Å². The zero-order valence-corrected chi connectivity index (χ0v) is 17.3. The van der Waals surface area contributed by atoms with Crippen molar-refractivity contribution in [2.24, 2.45) is 0 Å². The first-order valence-electron chi connectivity index (χ1n) is 9.27. The van der Waals surface area contributed by atoms with E-state index in [2.05, 4.69) is 21.2 Å². The highest BCUT2D eigenvalue weighted by atomic mass is 32.2. The molecule has 150 valence electrons. The van der Waals surface area contributed by atoms with Gasteiger partial charge in [-0.3, -0.25) is 0 Å². The second-order valence-corrected chi connectivity index (χ2v) is 9.70. The summed E-state index contributed by atoms with van der Waals surface area (Å²) < 4.78 is 32.1. The van der Waals surface area contributed by atoms with E-state index in [1.54, 1.807) is 5.38 Å². The molecule has 0 atom stereocenters. The first kappa shape index (κ1) is 19.3. The van der Waals surface area contributed by atoms with Crippen LogP contribution in [0.4, 0.5) is 5.82 Å². The summed E-state index contributed by atoms with van der Waals surface area (Å²) in [6.07, 6.45) is 4.35. The third-order valence-corrected chi connectivity index (χ3v) is 8.20. The van der Waals surface area contributed by atoms with E-state index in [9.17, 15) is 13.2 Å². The van der Waals surface area contributed by atoms with Crippen molar-refractivity contribution in [3.63, 3.8) is 0 Å². The number of carbonyl (C=O) groups is 1. The summed E-state index contributed by atoms with van der Waals surface area (Å²) in [6, 6.07) is 3.56. The molecule has 10 heteroatoms. The lowest BCUT2D eigenvalue weighted by molar-refractivity contribution is 0.0602. The van der Waals surface area contributed by atoms with Crippen LogP contribution in [0.15, 0.2) is 22.4 Å². The van der Waals surface area contributed by atoms with Crippen molar-refractivity contribution in [2.75, 3.05) is 38.2 Å². The largest absolute Gasteiger partial charge is 0.465 e. The Hall–Kier alpha value is -2.04. The van der Waals surface area contributed by atoms with Gasteiger partial charge in [0.2, 0.25) is 10.0 Å². The molecule has 1 aliphatic carbocycles. The smallest absolute Gasteiger partial charge is 0.349 e. The molecule has 2 aromatic rings. The molecule has 2 aromatic heterocycles. The number of anilines is 1. The number of rotatable bonds is 4. The number of carbonyl (C=O) groups excluding carboxylic acids is 1. The number of methoxy groups -OCH3 is 1. The van der Waals surface area contributed by atoms with E-state index in [-0.39, 0.29) is 9.77 Å². The molecule has 0 amide bonds. The van der Waals surface area contributed by atoms with E-state index < -0.39 is 16.0 Å². The molecule has 0 unspecified atom stereocenters. The molecule has 1 fully saturated rings. The molecule has 3 heterocycles. The van der Waals surface area contributed by atoms with Gasteiger partial charge in [0.05, 0.1) is 12.8 Å². The molecular weight excluding hydrogens is 400 g/mol. The minimum atomic E-state index is -3.74. The van der Waals surface area contributed by atoms with E-state index in [1.807, 2.05) is 0 Å². The van der Waals surface area contributed by atoms with Crippen molar-refractivity contribution in [1.29, 1.82) is 0 Å². The third kappa shape index (κ3) is 3.51. The van der Waals surface area contributed by atoms with Gasteiger partial charge in [0.15, 0.2) is 5.82 Å². The number of hydrogen-bond acceptors (Lipinski definition) is 8. The topological polar surface area (TPSA) is 92.7 Å². The van der Waals surface area contributed by atoms with Gasteiger partial charge in [-0.1, -0.05) is 0 Å². The highest BCUT2D eigenvalue weighted by molar-refractivity contribution is 7.89. The Labute approximate surface area is 168 Å². The second kappa shape index (κ2) is 7.76. The van der Waals surface area contributed by atoms with Gasteiger partial charge in [-0.05, 0) is 48.8 Å². The van der Waals surface area contributed by atoms with Crippen LogP contribution in [0, 0.1) is 0 Å². The summed E-state index contributed by atoms with van der Waals surface area (Å²) in [4.78, 5) is 14.1. The maximum Gasteiger partial charge on any atom is 0.349 e. The van der Waals surface area contributed by atoms with Crippen LogP contribution in [0.1, 0.15) is 33.8 Å². The lowest BCUT2D eigenvalue weighted by Gasteiger charge is -2.34. The van der Waals surface area contributed by atoms with Gasteiger partial charge in [-0.25, -0.2) is 13.2 Å². The summed E-state index contributed by atoms with van der Waals surface area (Å²) in [5.41, 5.74) is 2.34. The summed E-state index contributed by atoms with van der Waals surface area (Å²) in [5, 5.41) is 10.3. The predicted molar refractivity (Wildman–Crippen MR) is 105 cm³/mol. The number of ether oxygens (including phenoxy) is 1. The van der Waals surface area contributed by atoms with E-state index in [0.717, 1.165) is 42.1 Å². The Morgan fingerprint density at radius 1 is 1.14 bits per heavy atom. The molecule has 4 rings (SSSR count). The fourth-order valence-corrected chi connectivity index (χ4v) is 6.40. The SMILES string of the molecule is COC(=O)c1sccc1S(=O)(=O)N1CCN(c2cc3c(nn2)CCCC3)CC1. The molecule has 1 saturated heterocycles. The van der Waals surface area contributed by atoms with Crippen molar-refractivity contribution >= 4 is 33.1 Å². The Bertz CT molecular complexity index is 981. The quantitative estimate of drug-likeness (QED) is 0.693. The molecule has 2 aliphatic rings. The zero-order chi connectivity index (χ0) is 19.7. The number of aromatic nitrogens is 2. The van der Waals surface area contributed by atoms with Crippen LogP contribution < -0.4 is 4.90 Å². The number of hydrogen-bond donors (Lipinski definition) is 0. The molecule has 0 spiro atoms. The highest BCUT2D eigenvalue weighted by Gasteiger charge is 2.33. The summed E-state index contributed by atoms with van der Waals surface area (Å²) >= 11 is 1.07. The molecule has 0 N–H and O–H groups in total. The van der Waals surface area contributed by atoms with Crippen molar-refractivity contribution in [1.82, 2.24) is 14.5 Å². The monoisotopic (exact) mass is 422 g/mol. The van der Waals surface area contributed by atoms with Crippen LogP contribution in [0.25, 0.3) is 0 Å². The van der Waals surface area contributed by atoms with Gasteiger partial charge >= 0.3 is 5.97 Å². The van der Waals surface area contributed by atoms with Crippen LogP contribution in [-0.4, -0.2) is 62.2 Å². The molecule has 0 radical (unpaired) electrons. The Kier molecular flexibility index (Phi) is 5.35. The van der Waals surface area contributed by atoms with Crippen LogP contribution in [-0.2, 0) is 27.6 Å². The molecule has 1 aliphatic heterocycles. The van der Waals surface area contributed by atoms with Crippen LogP contribution in [0.3, 0.4) is 0 Å². The lowest BCUT2D eigenvalue weighted by Crippen LogP contribution is -2.49. The van der Waals surface area contributed by atoms with Crippen molar-refractivity contribution < 1.29 is 17.9 Å². The second-order valence-electron chi connectivity index (χ2n) is 6.88. The normalized spacial score (nSPS) is 18.0. The van der Waals surface area contributed by atoms with Crippen molar-refractivity contribution in [3.05, 3.63) is 33.6 Å². The standard InChI is InChI=1S/C18H22N4O4S2/c1-26-18(23)17-15(6-11-27-17)28(24,25)22-9-7-21(8-10-22)16-12-13-4-2-3-5-14(13)19-20-16/h6,11-12H,2-5,7-10H2,1H3. The number of esters is 1. The Morgan fingerprint density at radius 3 is 2.64 bits per heavy atom. The number of aryl methyl sites for hydroxylation is 2. The van der Waals surface area contributed by atoms with Crippen molar-refractivity contribution in [3.8, 4) is 0 Å². The molecule has 8 nitrogen and oxygen atoms in total. The Morgan fingerprint density at radius 2 is 1.89 bits per heavy atom. The highest BCUT2D eigenvalue weighted by Crippen LogP contribution is 2.28. The zero-order valence-electron chi connectivity index (χ0n) is 15.6. The van der Waals surface area contributed by atoms with Gasteiger partial charge in [0.1, 0.15) is 9.77 Å². The molecule has 0 bridgehead atoms. The van der Waals surface area contributed by atoms with E-state index in [4.69, 9.17) is 4.74 Å². The first-order chi connectivity index (χ1) is 13.5. The van der Waals surface area contributed by atoms with E-state index >= 15 is 0 Å². The molecule has 28 heavy (non-hydrogen) atoms. The number of piperazine rings is 1. The third-order valence-electron chi connectivity index (χ3n) is 5.24. The molecule has 0 aromatic carbocycles. The molecule has 0 saturated carbocycles. The minimum Gasteiger partial charge on any atom is -0.465 e. The van der Waals surface area contributed by atoms with Crippen LogP contribution in [0.5, 0.6) is 0 Å². The van der Waals surface area contributed by atoms with E-state index in [1.165, 1.54) is 29.5 Å². The predicted octanol–water partition coefficient (Wildman–Crippen LogP) is 1.71. The number of sulfonamides is 1. The maximum absolute atomic E-state index is 13.0. The summed E-state index contributed by atoms with van der Waals surface area (Å²) in [5.74, 6) is 0.181. The summed E-state index contributed by atoms with van der Waals surface area (Å²) in [7, 11) is -2.50. The van der Waals surface area contributed by atoms with E-state index in [0.29, 0.717) is 26.2 Å². The lowest BCUT2D eigenvalue weighted by atomic mass is 9.97. The number of fused-ring (bicyclic) bond motifs is 1. The fourth-order valence-electron chi connectivity index (χ4n) is 3.67. The van der Waals surface area contributed by atoms with Gasteiger partial charge in [-0.2, -0.15) is 9.40 Å². The summed E-state index contributed by atoms with van der Waals surface area (Å²) in [6.45, 7) is 1.73. The Balaban J connectivity index is 1.48. The maximum atomic E-state index is 13.0. The van der Waals surface area contributed by atoms with Crippen LogP contribution in [0.2, 0.25) is 0 Å². The van der Waals surface area contributed by atoms with Gasteiger partial charge in [0, 0.05) is 26.2 Å². The van der Waals surface area contributed by atoms with Crippen LogP contribution >= 0.6 is 11.3 Å². The molecular formula is C18H22N4O4S2. The minimum absolute atomic E-state index is 0.0198. The van der Waals surface area contributed by atoms with Gasteiger partial charge < -0.3 is 9.64 Å². The van der Waals surface area contributed by atoms with Crippen molar-refractivity contribution in [2.45, 2.75) is 30.6 Å². The fraction of sp³-hybridized carbons (Fsp3) is 0.500. The average Bonchev–Trinajstić information content (AvgIpc) is 3.24. The average molecular weight is 423 g/mol. The number of thiophene rings is 1.